The van der Waals surface area contributed by atoms with Crippen LogP contribution < -0.4 is 11.1 Å². The molecule has 0 spiro atoms. The first-order valence-corrected chi connectivity index (χ1v) is 9.11. The molecule has 1 aromatic rings. The Morgan fingerprint density at radius 2 is 2.29 bits per heavy atom. The quantitative estimate of drug-likeness (QED) is 0.254. The highest BCUT2D eigenvalue weighted by Gasteiger charge is 2.22. The van der Waals surface area contributed by atoms with Gasteiger partial charge in [0.05, 0.1) is 6.54 Å². The maximum Gasteiger partial charge on any atom is 0.188 e. The highest BCUT2D eigenvalue weighted by atomic mass is 127. The molecule has 1 fully saturated rings. The number of aryl methyl sites for hydroxylation is 1. The minimum Gasteiger partial charge on any atom is -0.370 e. The maximum absolute atomic E-state index is 13.7. The van der Waals surface area contributed by atoms with Gasteiger partial charge < -0.3 is 11.1 Å². The molecular formula is C17H27BrFIN4. The van der Waals surface area contributed by atoms with E-state index in [2.05, 4.69) is 38.1 Å². The van der Waals surface area contributed by atoms with Crippen LogP contribution >= 0.6 is 39.9 Å². The molecule has 0 aromatic heterocycles. The van der Waals surface area contributed by atoms with Crippen molar-refractivity contribution in [1.82, 2.24) is 10.2 Å². The van der Waals surface area contributed by atoms with E-state index in [1.807, 2.05) is 12.1 Å². The smallest absolute Gasteiger partial charge is 0.188 e. The monoisotopic (exact) mass is 512 g/mol. The van der Waals surface area contributed by atoms with E-state index in [-0.39, 0.29) is 29.8 Å². The third kappa shape index (κ3) is 6.84. The van der Waals surface area contributed by atoms with E-state index in [4.69, 9.17) is 5.73 Å². The molecule has 0 radical (unpaired) electrons. The van der Waals surface area contributed by atoms with Gasteiger partial charge in [0, 0.05) is 17.1 Å². The first kappa shape index (κ1) is 21.6. The lowest BCUT2D eigenvalue weighted by Crippen LogP contribution is -2.36. The number of nitrogens with zero attached hydrogens (tertiary/aromatic N) is 2. The van der Waals surface area contributed by atoms with E-state index in [9.17, 15) is 4.39 Å². The second-order valence-corrected chi connectivity index (χ2v) is 6.83. The van der Waals surface area contributed by atoms with Gasteiger partial charge in [0.25, 0.3) is 0 Å². The summed E-state index contributed by atoms with van der Waals surface area (Å²) in [4.78, 5) is 6.89. The Hall–Kier alpha value is -0.410. The summed E-state index contributed by atoms with van der Waals surface area (Å²) in [6.45, 7) is 5.89. The molecule has 1 aliphatic heterocycles. The van der Waals surface area contributed by atoms with Crippen LogP contribution in [-0.2, 0) is 6.42 Å². The largest absolute Gasteiger partial charge is 0.370 e. The maximum atomic E-state index is 13.7. The molecule has 1 unspecified atom stereocenters. The van der Waals surface area contributed by atoms with Gasteiger partial charge in [0.15, 0.2) is 5.96 Å². The van der Waals surface area contributed by atoms with Crippen LogP contribution in [0.4, 0.5) is 4.39 Å². The molecular weight excluding hydrogens is 486 g/mol. The van der Waals surface area contributed by atoms with Crippen molar-refractivity contribution in [1.29, 1.82) is 0 Å². The van der Waals surface area contributed by atoms with E-state index in [1.54, 1.807) is 0 Å². The van der Waals surface area contributed by atoms with Crippen LogP contribution in [0.3, 0.4) is 0 Å². The molecule has 0 saturated carbocycles. The summed E-state index contributed by atoms with van der Waals surface area (Å²) in [5.74, 6) is 0.325. The van der Waals surface area contributed by atoms with Crippen LogP contribution in [0.5, 0.6) is 0 Å². The Morgan fingerprint density at radius 3 is 3.00 bits per heavy atom. The molecule has 7 heteroatoms. The van der Waals surface area contributed by atoms with Gasteiger partial charge in [-0.2, -0.15) is 0 Å². The average Bonchev–Trinajstić information content (AvgIpc) is 2.98. The zero-order valence-electron chi connectivity index (χ0n) is 14.1. The van der Waals surface area contributed by atoms with Crippen molar-refractivity contribution in [3.8, 4) is 0 Å². The third-order valence-electron chi connectivity index (χ3n) is 4.32. The van der Waals surface area contributed by atoms with E-state index in [0.717, 1.165) is 29.5 Å². The Labute approximate surface area is 169 Å². The third-order valence-corrected chi connectivity index (χ3v) is 4.82. The Kier molecular flexibility index (Phi) is 10.1. The highest BCUT2D eigenvalue weighted by Crippen LogP contribution is 2.17. The number of benzene rings is 1. The van der Waals surface area contributed by atoms with Gasteiger partial charge in [0.2, 0.25) is 0 Å². The summed E-state index contributed by atoms with van der Waals surface area (Å²) in [5, 5.41) is 3.12. The standard InChI is InChI=1S/C17H26BrFN4.HI/c1-2-23-10-4-6-15(23)12-22-17(20)21-9-3-5-13-7-8-14(18)11-16(13)19;/h7-8,11,15H,2-6,9-10,12H2,1H3,(H3,20,21,22);1H. The van der Waals surface area contributed by atoms with E-state index in [1.165, 1.54) is 25.5 Å². The van der Waals surface area contributed by atoms with E-state index < -0.39 is 0 Å². The van der Waals surface area contributed by atoms with E-state index in [0.29, 0.717) is 25.0 Å². The number of aliphatic imine (C=N–C) groups is 1. The Balaban J connectivity index is 0.00000288. The van der Waals surface area contributed by atoms with Crippen LogP contribution in [0, 0.1) is 5.82 Å². The first-order valence-electron chi connectivity index (χ1n) is 8.32. The molecule has 3 N–H and O–H groups in total. The Morgan fingerprint density at radius 1 is 1.50 bits per heavy atom. The van der Waals surface area contributed by atoms with Crippen LogP contribution in [0.15, 0.2) is 27.7 Å². The molecule has 0 aliphatic carbocycles. The number of hydrogen-bond acceptors (Lipinski definition) is 2. The molecule has 1 aliphatic rings. The van der Waals surface area contributed by atoms with Crippen LogP contribution in [-0.4, -0.2) is 43.1 Å². The second kappa shape index (κ2) is 11.3. The number of rotatable bonds is 7. The van der Waals surface area contributed by atoms with Gasteiger partial charge in [-0.05, 0) is 56.5 Å². The minimum absolute atomic E-state index is 0. The van der Waals surface area contributed by atoms with E-state index >= 15 is 0 Å². The predicted octanol–water partition coefficient (Wildman–Crippen LogP) is 3.53. The van der Waals surface area contributed by atoms with Crippen LogP contribution in [0.1, 0.15) is 31.7 Å². The number of nitrogens with one attached hydrogen (secondary N) is 1. The fourth-order valence-corrected chi connectivity index (χ4v) is 3.33. The van der Waals surface area contributed by atoms with Crippen molar-refractivity contribution in [2.24, 2.45) is 10.7 Å². The van der Waals surface area contributed by atoms with Crippen molar-refractivity contribution in [2.45, 2.75) is 38.6 Å². The summed E-state index contributed by atoms with van der Waals surface area (Å²) in [6, 6.07) is 5.70. The lowest BCUT2D eigenvalue weighted by molar-refractivity contribution is 0.273. The SMILES string of the molecule is CCN1CCCC1CN=C(N)NCCCc1ccc(Br)cc1F.I. The van der Waals surface area contributed by atoms with Crippen molar-refractivity contribution in [2.75, 3.05) is 26.2 Å². The molecule has 0 bridgehead atoms. The van der Waals surface area contributed by atoms with Crippen LogP contribution in [0.2, 0.25) is 0 Å². The molecule has 136 valence electrons. The van der Waals surface area contributed by atoms with Gasteiger partial charge in [-0.3, -0.25) is 9.89 Å². The zero-order chi connectivity index (χ0) is 16.7. The summed E-state index contributed by atoms with van der Waals surface area (Å²) < 4.78 is 14.5. The predicted molar refractivity (Wildman–Crippen MR) is 113 cm³/mol. The fraction of sp³-hybridized carbons (Fsp3) is 0.588. The molecule has 2 rings (SSSR count). The van der Waals surface area contributed by atoms with Gasteiger partial charge in [-0.15, -0.1) is 24.0 Å². The number of guanidine groups is 1. The van der Waals surface area contributed by atoms with Crippen molar-refractivity contribution < 1.29 is 4.39 Å². The van der Waals surface area contributed by atoms with Gasteiger partial charge >= 0.3 is 0 Å². The fourth-order valence-electron chi connectivity index (χ4n) is 3.00. The number of likely N-dealkylation sites (N-methyl/N-ethyl adjacent to an activating group) is 1. The van der Waals surface area contributed by atoms with Crippen molar-refractivity contribution in [3.63, 3.8) is 0 Å². The normalized spacial score (nSPS) is 18.5. The first-order chi connectivity index (χ1) is 11.1. The van der Waals surface area contributed by atoms with Crippen LogP contribution in [0.25, 0.3) is 0 Å². The van der Waals surface area contributed by atoms with Gasteiger partial charge in [-0.1, -0.05) is 28.9 Å². The number of hydrogen-bond donors (Lipinski definition) is 2. The summed E-state index contributed by atoms with van der Waals surface area (Å²) in [6.07, 6.45) is 3.96. The highest BCUT2D eigenvalue weighted by molar-refractivity contribution is 14.0. The zero-order valence-corrected chi connectivity index (χ0v) is 18.0. The summed E-state index contributed by atoms with van der Waals surface area (Å²) in [5.41, 5.74) is 6.64. The average molecular weight is 513 g/mol. The molecule has 1 atom stereocenters. The molecule has 24 heavy (non-hydrogen) atoms. The molecule has 1 aromatic carbocycles. The van der Waals surface area contributed by atoms with Gasteiger partial charge in [-0.25, -0.2) is 4.39 Å². The molecule has 4 nitrogen and oxygen atoms in total. The lowest BCUT2D eigenvalue weighted by atomic mass is 10.1. The molecule has 1 saturated heterocycles. The number of halogens is 3. The summed E-state index contributed by atoms with van der Waals surface area (Å²) in [7, 11) is 0. The Bertz CT molecular complexity index is 541. The lowest BCUT2D eigenvalue weighted by Gasteiger charge is -2.20. The van der Waals surface area contributed by atoms with Crippen molar-refractivity contribution >= 4 is 45.9 Å². The van der Waals surface area contributed by atoms with Gasteiger partial charge in [0.1, 0.15) is 5.82 Å². The number of nitrogens with two attached hydrogens (primary N) is 1. The van der Waals surface area contributed by atoms with Crippen molar-refractivity contribution in [3.05, 3.63) is 34.1 Å². The topological polar surface area (TPSA) is 53.6 Å². The molecule has 1 heterocycles. The summed E-state index contributed by atoms with van der Waals surface area (Å²) >= 11 is 3.26. The molecule has 0 amide bonds. The minimum atomic E-state index is -0.165. The second-order valence-electron chi connectivity index (χ2n) is 5.92. The number of likely N-dealkylation sites (tertiary alicyclic amines) is 1.